The van der Waals surface area contributed by atoms with Crippen LogP contribution in [0.25, 0.3) is 6.08 Å². The fraction of sp³-hybridized carbons (Fsp3) is 0.261. The van der Waals surface area contributed by atoms with Gasteiger partial charge in [0.2, 0.25) is 0 Å². The summed E-state index contributed by atoms with van der Waals surface area (Å²) in [6, 6.07) is 13.1. The van der Waals surface area contributed by atoms with Gasteiger partial charge in [-0.2, -0.15) is 5.10 Å². The molecular formula is C23H23Cl2N5O. The fourth-order valence-electron chi connectivity index (χ4n) is 3.69. The molecule has 1 fully saturated rings. The first-order valence-corrected chi connectivity index (χ1v) is 10.9. The van der Waals surface area contributed by atoms with Gasteiger partial charge in [-0.05, 0) is 42.7 Å². The number of rotatable bonds is 6. The number of hydrogen-bond donors (Lipinski definition) is 1. The molecule has 1 N–H and O–H groups in total. The average molecular weight is 456 g/mol. The van der Waals surface area contributed by atoms with Gasteiger partial charge < -0.3 is 5.32 Å². The Hall–Kier alpha value is -2.67. The van der Waals surface area contributed by atoms with Crippen LogP contribution in [0, 0.1) is 0 Å². The zero-order chi connectivity index (χ0) is 21.6. The first-order chi connectivity index (χ1) is 15.1. The lowest BCUT2D eigenvalue weighted by molar-refractivity contribution is 0.102. The second-order valence-electron chi connectivity index (χ2n) is 7.47. The fourth-order valence-corrected chi connectivity index (χ4v) is 3.99. The molecule has 0 saturated carbocycles. The van der Waals surface area contributed by atoms with Crippen LogP contribution in [0.15, 0.2) is 60.9 Å². The number of hydrogen-bond acceptors (Lipinski definition) is 4. The van der Waals surface area contributed by atoms with Crippen molar-refractivity contribution in [3.63, 3.8) is 0 Å². The molecule has 1 aliphatic heterocycles. The molecule has 1 saturated heterocycles. The standard InChI is InChI=1S/C23H23Cl2N5O/c24-19-5-3-17(4-6-19)2-1-13-29-14-9-20(10-15-29)30-22(8-12-27-30)28-23(31)18-7-11-26-21(25)16-18/h1-8,11-12,16,20H,9-10,13-15H2,(H,28,31)/b2-1+. The van der Waals surface area contributed by atoms with E-state index in [4.69, 9.17) is 23.2 Å². The number of piperidine rings is 1. The Morgan fingerprint density at radius 3 is 2.61 bits per heavy atom. The Bertz CT molecular complexity index is 1060. The molecule has 3 heterocycles. The number of benzene rings is 1. The first-order valence-electron chi connectivity index (χ1n) is 10.2. The normalized spacial score (nSPS) is 15.4. The lowest BCUT2D eigenvalue weighted by Gasteiger charge is -2.32. The minimum absolute atomic E-state index is 0.226. The topological polar surface area (TPSA) is 63.1 Å². The van der Waals surface area contributed by atoms with Crippen molar-refractivity contribution in [2.75, 3.05) is 25.0 Å². The van der Waals surface area contributed by atoms with Crippen molar-refractivity contribution in [1.29, 1.82) is 0 Å². The molecular weight excluding hydrogens is 433 g/mol. The third-order valence-corrected chi connectivity index (χ3v) is 5.81. The van der Waals surface area contributed by atoms with E-state index in [1.54, 1.807) is 18.3 Å². The number of halogens is 2. The van der Waals surface area contributed by atoms with Crippen LogP contribution in [0.5, 0.6) is 0 Å². The Kier molecular flexibility index (Phi) is 7.02. The van der Waals surface area contributed by atoms with Gasteiger partial charge in [0.05, 0.1) is 12.2 Å². The number of aromatic nitrogens is 3. The van der Waals surface area contributed by atoms with Crippen molar-refractivity contribution in [1.82, 2.24) is 19.7 Å². The van der Waals surface area contributed by atoms with Crippen LogP contribution < -0.4 is 5.32 Å². The summed E-state index contributed by atoms with van der Waals surface area (Å²) in [4.78, 5) is 18.9. The summed E-state index contributed by atoms with van der Waals surface area (Å²) in [5, 5.41) is 8.44. The van der Waals surface area contributed by atoms with Gasteiger partial charge in [0.25, 0.3) is 5.91 Å². The van der Waals surface area contributed by atoms with E-state index in [1.165, 1.54) is 6.20 Å². The largest absolute Gasteiger partial charge is 0.307 e. The van der Waals surface area contributed by atoms with Crippen molar-refractivity contribution in [3.8, 4) is 0 Å². The van der Waals surface area contributed by atoms with E-state index in [1.807, 2.05) is 35.0 Å². The average Bonchev–Trinajstić information content (AvgIpc) is 3.24. The van der Waals surface area contributed by atoms with E-state index >= 15 is 0 Å². The highest BCUT2D eigenvalue weighted by Gasteiger charge is 2.23. The minimum atomic E-state index is -0.226. The minimum Gasteiger partial charge on any atom is -0.307 e. The van der Waals surface area contributed by atoms with Crippen molar-refractivity contribution in [3.05, 3.63) is 82.2 Å². The van der Waals surface area contributed by atoms with Crippen molar-refractivity contribution < 1.29 is 4.79 Å². The molecule has 0 atom stereocenters. The summed E-state index contributed by atoms with van der Waals surface area (Å²) < 4.78 is 1.92. The van der Waals surface area contributed by atoms with E-state index in [9.17, 15) is 4.79 Å². The third kappa shape index (κ3) is 5.73. The molecule has 160 valence electrons. The molecule has 1 amide bonds. The molecule has 0 bridgehead atoms. The quantitative estimate of drug-likeness (QED) is 0.519. The van der Waals surface area contributed by atoms with Crippen LogP contribution >= 0.6 is 23.2 Å². The van der Waals surface area contributed by atoms with E-state index in [0.717, 1.165) is 43.1 Å². The summed E-state index contributed by atoms with van der Waals surface area (Å²) in [6.45, 7) is 2.85. The van der Waals surface area contributed by atoms with Gasteiger partial charge in [0.1, 0.15) is 11.0 Å². The van der Waals surface area contributed by atoms with E-state index in [0.29, 0.717) is 16.5 Å². The SMILES string of the molecule is O=C(Nc1ccnn1C1CCN(C/C=C/c2ccc(Cl)cc2)CC1)c1ccnc(Cl)c1. The molecule has 0 spiro atoms. The Morgan fingerprint density at radius 2 is 1.87 bits per heavy atom. The van der Waals surface area contributed by atoms with E-state index in [-0.39, 0.29) is 11.9 Å². The van der Waals surface area contributed by atoms with Crippen LogP contribution in [-0.4, -0.2) is 45.2 Å². The van der Waals surface area contributed by atoms with Gasteiger partial charge in [-0.3, -0.25) is 9.69 Å². The summed E-state index contributed by atoms with van der Waals surface area (Å²) >= 11 is 11.8. The van der Waals surface area contributed by atoms with Crippen LogP contribution in [0.2, 0.25) is 10.2 Å². The number of nitrogens with zero attached hydrogens (tertiary/aromatic N) is 4. The molecule has 1 aromatic carbocycles. The van der Waals surface area contributed by atoms with Crippen LogP contribution in [0.1, 0.15) is 34.8 Å². The second-order valence-corrected chi connectivity index (χ2v) is 8.29. The second kappa shape index (κ2) is 10.1. The maximum atomic E-state index is 12.5. The molecule has 2 aromatic heterocycles. The maximum absolute atomic E-state index is 12.5. The van der Waals surface area contributed by atoms with Crippen molar-refractivity contribution in [2.24, 2.45) is 0 Å². The van der Waals surface area contributed by atoms with E-state index < -0.39 is 0 Å². The Morgan fingerprint density at radius 1 is 1.10 bits per heavy atom. The first kappa shape index (κ1) is 21.6. The smallest absolute Gasteiger partial charge is 0.256 e. The third-order valence-electron chi connectivity index (χ3n) is 5.35. The number of pyridine rings is 1. The van der Waals surface area contributed by atoms with E-state index in [2.05, 4.69) is 32.5 Å². The molecule has 0 radical (unpaired) electrons. The van der Waals surface area contributed by atoms with Crippen LogP contribution in [0.4, 0.5) is 5.82 Å². The summed E-state index contributed by atoms with van der Waals surface area (Å²) in [6.07, 6.45) is 9.49. The molecule has 31 heavy (non-hydrogen) atoms. The lowest BCUT2D eigenvalue weighted by Crippen LogP contribution is -2.35. The Labute approximate surface area is 191 Å². The molecule has 0 aliphatic carbocycles. The van der Waals surface area contributed by atoms with Gasteiger partial charge in [-0.25, -0.2) is 9.67 Å². The number of nitrogens with one attached hydrogen (secondary N) is 1. The summed E-state index contributed by atoms with van der Waals surface area (Å²) in [5.41, 5.74) is 1.61. The maximum Gasteiger partial charge on any atom is 0.256 e. The highest BCUT2D eigenvalue weighted by molar-refractivity contribution is 6.30. The highest BCUT2D eigenvalue weighted by Crippen LogP contribution is 2.26. The lowest BCUT2D eigenvalue weighted by atomic mass is 10.1. The van der Waals surface area contributed by atoms with Gasteiger partial charge >= 0.3 is 0 Å². The Balaban J connectivity index is 1.31. The molecule has 0 unspecified atom stereocenters. The number of likely N-dealkylation sites (tertiary alicyclic amines) is 1. The van der Waals surface area contributed by atoms with Gasteiger partial charge in [0.15, 0.2) is 0 Å². The predicted octanol–water partition coefficient (Wildman–Crippen LogP) is 5.19. The van der Waals surface area contributed by atoms with Crippen molar-refractivity contribution in [2.45, 2.75) is 18.9 Å². The van der Waals surface area contributed by atoms with Gasteiger partial charge in [-0.15, -0.1) is 0 Å². The number of amides is 1. The van der Waals surface area contributed by atoms with Gasteiger partial charge in [0, 0.05) is 42.5 Å². The molecule has 6 nitrogen and oxygen atoms in total. The number of anilines is 1. The molecule has 8 heteroatoms. The highest BCUT2D eigenvalue weighted by atomic mass is 35.5. The molecule has 3 aromatic rings. The zero-order valence-corrected chi connectivity index (χ0v) is 18.4. The predicted molar refractivity (Wildman–Crippen MR) is 125 cm³/mol. The summed E-state index contributed by atoms with van der Waals surface area (Å²) in [7, 11) is 0. The van der Waals surface area contributed by atoms with Crippen LogP contribution in [0.3, 0.4) is 0 Å². The molecule has 4 rings (SSSR count). The van der Waals surface area contributed by atoms with Gasteiger partial charge in [-0.1, -0.05) is 47.5 Å². The number of carbonyl (C=O) groups excluding carboxylic acids is 1. The number of carbonyl (C=O) groups is 1. The zero-order valence-electron chi connectivity index (χ0n) is 16.9. The van der Waals surface area contributed by atoms with Crippen molar-refractivity contribution >= 4 is 41.0 Å². The van der Waals surface area contributed by atoms with Crippen LogP contribution in [-0.2, 0) is 0 Å². The molecule has 1 aliphatic rings. The monoisotopic (exact) mass is 455 g/mol. The summed E-state index contributed by atoms with van der Waals surface area (Å²) in [5.74, 6) is 0.467.